The number of hydrogen-bond acceptors (Lipinski definition) is 6. The van der Waals surface area contributed by atoms with Crippen LogP contribution in [0, 0.1) is 0 Å². The van der Waals surface area contributed by atoms with Gasteiger partial charge in [0.1, 0.15) is 0 Å². The van der Waals surface area contributed by atoms with Gasteiger partial charge in [-0.2, -0.15) is 0 Å². The van der Waals surface area contributed by atoms with Crippen LogP contribution in [0.25, 0.3) is 0 Å². The molecule has 4 aromatic carbocycles. The second-order valence-electron chi connectivity index (χ2n) is 14.0. The summed E-state index contributed by atoms with van der Waals surface area (Å²) in [5, 5.41) is 5.30. The van der Waals surface area contributed by atoms with E-state index in [1.807, 2.05) is 0 Å². The molecule has 0 amide bonds. The van der Waals surface area contributed by atoms with E-state index in [0.717, 1.165) is 50.9 Å². The third-order valence-corrected chi connectivity index (χ3v) is 25.9. The highest BCUT2D eigenvalue weighted by Gasteiger charge is 2.45. The summed E-state index contributed by atoms with van der Waals surface area (Å²) in [6.07, 6.45) is 4.22. The first kappa shape index (κ1) is 41.9. The van der Waals surface area contributed by atoms with Gasteiger partial charge >= 0.3 is 8.48 Å². The molecule has 6 nitrogen and oxygen atoms in total. The van der Waals surface area contributed by atoms with Crippen LogP contribution >= 0.6 is 0 Å². The lowest BCUT2D eigenvalue weighted by atomic mass is 10.4. The Labute approximate surface area is 308 Å². The molecule has 0 saturated heterocycles. The molecule has 0 aromatic heterocycles. The van der Waals surface area contributed by atoms with E-state index in [4.69, 9.17) is 19.7 Å². The van der Waals surface area contributed by atoms with E-state index in [-0.39, 0.29) is 0 Å². The minimum Gasteiger partial charge on any atom is -0.448 e. The third-order valence-electron chi connectivity index (χ3n) is 9.13. The molecule has 0 aliphatic rings. The van der Waals surface area contributed by atoms with Crippen molar-refractivity contribution in [1.29, 1.82) is 0 Å². The second-order valence-corrected chi connectivity index (χ2v) is 28.9. The Morgan fingerprint density at radius 2 is 0.820 bits per heavy atom. The van der Waals surface area contributed by atoms with Gasteiger partial charge in [0.2, 0.25) is 16.6 Å². The lowest BCUT2D eigenvalue weighted by Crippen LogP contribution is -2.75. The average molecular weight is 745 g/mol. The van der Waals surface area contributed by atoms with Crippen molar-refractivity contribution < 1.29 is 8.23 Å². The fourth-order valence-corrected chi connectivity index (χ4v) is 24.5. The van der Waals surface area contributed by atoms with Crippen LogP contribution in [-0.2, 0) is 8.23 Å². The van der Waals surface area contributed by atoms with Gasteiger partial charge in [0.15, 0.2) is 0 Å². The van der Waals surface area contributed by atoms with Crippen LogP contribution in [0.15, 0.2) is 121 Å². The van der Waals surface area contributed by atoms with Crippen molar-refractivity contribution in [3.63, 3.8) is 0 Å². The molecule has 0 fully saturated rings. The van der Waals surface area contributed by atoms with Crippen LogP contribution in [0.2, 0.25) is 38.3 Å². The summed E-state index contributed by atoms with van der Waals surface area (Å²) in [5.41, 5.74) is 11.7. The zero-order valence-corrected chi connectivity index (χ0v) is 35.6. The second kappa shape index (κ2) is 21.1. The van der Waals surface area contributed by atoms with E-state index in [9.17, 15) is 0 Å². The SMILES string of the molecule is CCCN[Si](C)(C)O[Si](NCCC)(c1ccccc1)c1ccccc1.C[Si](CCCN)(O[Si](C)(CCCN)c1ccccc1)c1ccccc1. The minimum atomic E-state index is -2.50. The molecular weight excluding hydrogens is 681 g/mol. The zero-order valence-electron chi connectivity index (χ0n) is 31.6. The predicted octanol–water partition coefficient (Wildman–Crippen LogP) is 5.63. The van der Waals surface area contributed by atoms with Crippen LogP contribution in [-0.4, -0.2) is 59.8 Å². The molecule has 6 N–H and O–H groups in total. The summed E-state index contributed by atoms with van der Waals surface area (Å²) in [5.74, 6) is 0. The largest absolute Gasteiger partial charge is 0.448 e. The smallest absolute Gasteiger partial charge is 0.326 e. The van der Waals surface area contributed by atoms with Gasteiger partial charge in [0.05, 0.1) is 0 Å². The lowest BCUT2D eigenvalue weighted by Gasteiger charge is -2.40. The Balaban J connectivity index is 0.000000270. The Bertz CT molecular complexity index is 1380. The molecule has 2 atom stereocenters. The first-order valence-electron chi connectivity index (χ1n) is 18.6. The maximum Gasteiger partial charge on any atom is 0.326 e. The Morgan fingerprint density at radius 1 is 0.480 bits per heavy atom. The molecule has 0 bridgehead atoms. The van der Waals surface area contributed by atoms with Crippen LogP contribution in [0.3, 0.4) is 0 Å². The molecule has 0 spiro atoms. The molecule has 272 valence electrons. The van der Waals surface area contributed by atoms with E-state index >= 15 is 0 Å². The van der Waals surface area contributed by atoms with E-state index in [1.165, 1.54) is 20.7 Å². The monoisotopic (exact) mass is 744 g/mol. The molecule has 0 heterocycles. The molecule has 10 heteroatoms. The fourth-order valence-electron chi connectivity index (χ4n) is 6.48. The summed E-state index contributed by atoms with van der Waals surface area (Å²) in [6, 6.07) is 45.1. The van der Waals surface area contributed by atoms with Crippen molar-refractivity contribution in [3.05, 3.63) is 121 Å². The highest BCUT2D eigenvalue weighted by Crippen LogP contribution is 2.24. The van der Waals surface area contributed by atoms with Crippen molar-refractivity contribution in [2.24, 2.45) is 11.5 Å². The van der Waals surface area contributed by atoms with E-state index < -0.39 is 33.6 Å². The van der Waals surface area contributed by atoms with Gasteiger partial charge in [-0.05, 0) is 111 Å². The summed E-state index contributed by atoms with van der Waals surface area (Å²) in [6.45, 7) is 17.0. The van der Waals surface area contributed by atoms with Gasteiger partial charge in [0.25, 0.3) is 8.48 Å². The number of rotatable bonds is 20. The van der Waals surface area contributed by atoms with Crippen LogP contribution < -0.4 is 42.2 Å². The Hall–Kier alpha value is -2.49. The van der Waals surface area contributed by atoms with Crippen LogP contribution in [0.4, 0.5) is 0 Å². The van der Waals surface area contributed by atoms with Gasteiger partial charge in [-0.3, -0.25) is 0 Å². The molecule has 4 aromatic rings. The van der Waals surface area contributed by atoms with E-state index in [0.29, 0.717) is 13.1 Å². The maximum absolute atomic E-state index is 7.17. The van der Waals surface area contributed by atoms with Gasteiger partial charge in [0, 0.05) is 0 Å². The standard InChI is InChI=1S/2C20H32N2OSi2/c1-24(17-9-15-21,19-11-5-3-6-12-19)23-25(2,18-10-16-22)20-13-7-4-8-14-20;1-5-17-21-24(3,4)23-25(22-18-6-2,19-13-9-7-10-14-19)20-15-11-8-12-16-20/h3-8,11-14H,9-10,15-18,21-22H2,1-2H3;7-16,21-22H,5-6,17-18H2,1-4H3. The summed E-state index contributed by atoms with van der Waals surface area (Å²) < 4.78 is 14.2. The van der Waals surface area contributed by atoms with Crippen molar-refractivity contribution in [2.45, 2.75) is 77.8 Å². The van der Waals surface area contributed by atoms with Crippen LogP contribution in [0.1, 0.15) is 39.5 Å². The number of nitrogens with two attached hydrogens (primary N) is 2. The highest BCUT2D eigenvalue weighted by atomic mass is 28.4. The molecular formula is C40H64N4O2Si4. The average Bonchev–Trinajstić information content (AvgIpc) is 3.15. The molecule has 0 radical (unpaired) electrons. The molecule has 2 unspecified atom stereocenters. The molecule has 50 heavy (non-hydrogen) atoms. The normalized spacial score (nSPS) is 14.2. The summed E-state index contributed by atoms with van der Waals surface area (Å²) in [7, 11) is -8.68. The van der Waals surface area contributed by atoms with Crippen molar-refractivity contribution in [1.82, 2.24) is 9.96 Å². The molecule has 0 saturated carbocycles. The molecule has 4 rings (SSSR count). The topological polar surface area (TPSA) is 94.6 Å². The zero-order chi connectivity index (χ0) is 36.4. The number of hydrogen-bond donors (Lipinski definition) is 4. The van der Waals surface area contributed by atoms with E-state index in [2.05, 4.69) is 171 Å². The van der Waals surface area contributed by atoms with Crippen molar-refractivity contribution >= 4 is 54.3 Å². The third kappa shape index (κ3) is 12.3. The maximum atomic E-state index is 7.17. The van der Waals surface area contributed by atoms with Gasteiger partial charge in [-0.1, -0.05) is 135 Å². The van der Waals surface area contributed by atoms with Crippen molar-refractivity contribution in [2.75, 3.05) is 26.2 Å². The van der Waals surface area contributed by atoms with Crippen LogP contribution in [0.5, 0.6) is 0 Å². The molecule has 0 aliphatic carbocycles. The summed E-state index contributed by atoms with van der Waals surface area (Å²) in [4.78, 5) is 7.55. The van der Waals surface area contributed by atoms with E-state index in [1.54, 1.807) is 0 Å². The number of nitrogens with one attached hydrogen (secondary N) is 2. The minimum absolute atomic E-state index is 0.713. The van der Waals surface area contributed by atoms with Gasteiger partial charge in [-0.25, -0.2) is 0 Å². The Kier molecular flexibility index (Phi) is 17.7. The first-order chi connectivity index (χ1) is 24.1. The quantitative estimate of drug-likeness (QED) is 0.0878. The number of benzene rings is 4. The molecule has 0 aliphatic heterocycles. The predicted molar refractivity (Wildman–Crippen MR) is 226 cm³/mol. The first-order valence-corrected chi connectivity index (χ1v) is 28.7. The lowest BCUT2D eigenvalue weighted by molar-refractivity contribution is 0.511. The van der Waals surface area contributed by atoms with Gasteiger partial charge < -0.3 is 29.7 Å². The van der Waals surface area contributed by atoms with Crippen molar-refractivity contribution in [3.8, 4) is 0 Å². The van der Waals surface area contributed by atoms with Gasteiger partial charge in [-0.15, -0.1) is 0 Å². The highest BCUT2D eigenvalue weighted by molar-refractivity contribution is 7.00. The Morgan fingerprint density at radius 3 is 1.16 bits per heavy atom. The summed E-state index contributed by atoms with van der Waals surface area (Å²) >= 11 is 0. The fraction of sp³-hybridized carbons (Fsp3) is 0.400.